The predicted molar refractivity (Wildman–Crippen MR) is 107 cm³/mol. The Balaban J connectivity index is 1.96. The van der Waals surface area contributed by atoms with Gasteiger partial charge in [-0.05, 0) is 17.2 Å². The Labute approximate surface area is 173 Å². The molecule has 2 aromatic carbocycles. The van der Waals surface area contributed by atoms with Crippen molar-refractivity contribution in [2.24, 2.45) is 5.73 Å². The quantitative estimate of drug-likeness (QED) is 0.468. The Bertz CT molecular complexity index is 926. The van der Waals surface area contributed by atoms with E-state index in [0.29, 0.717) is 11.1 Å². The molecule has 9 nitrogen and oxygen atoms in total. The number of amides is 3. The summed E-state index contributed by atoms with van der Waals surface area (Å²) in [7, 11) is 0. The highest BCUT2D eigenvalue weighted by molar-refractivity contribution is 5.91. The Kier molecular flexibility index (Phi) is 8.35. The van der Waals surface area contributed by atoms with Crippen molar-refractivity contribution in [3.8, 4) is 6.07 Å². The largest absolute Gasteiger partial charge is 0.445 e. The number of benzene rings is 2. The van der Waals surface area contributed by atoms with Crippen LogP contribution < -0.4 is 16.4 Å². The molecule has 3 amide bonds. The van der Waals surface area contributed by atoms with E-state index in [9.17, 15) is 19.5 Å². The molecule has 0 aliphatic rings. The van der Waals surface area contributed by atoms with E-state index < -0.39 is 36.6 Å². The van der Waals surface area contributed by atoms with Crippen LogP contribution in [0.4, 0.5) is 4.79 Å². The monoisotopic (exact) mass is 410 g/mol. The van der Waals surface area contributed by atoms with E-state index in [1.807, 2.05) is 12.1 Å². The number of aliphatic hydroxyl groups is 1. The maximum absolute atomic E-state index is 12.4. The van der Waals surface area contributed by atoms with Gasteiger partial charge in [0, 0.05) is 6.42 Å². The van der Waals surface area contributed by atoms with Crippen molar-refractivity contribution in [1.82, 2.24) is 10.6 Å². The van der Waals surface area contributed by atoms with Gasteiger partial charge in [0.15, 0.2) is 0 Å². The Morgan fingerprint density at radius 1 is 1.03 bits per heavy atom. The molecular formula is C21H22N4O5. The highest BCUT2D eigenvalue weighted by Crippen LogP contribution is 2.10. The molecule has 9 heteroatoms. The van der Waals surface area contributed by atoms with Crippen molar-refractivity contribution < 1.29 is 24.2 Å². The number of aliphatic hydroxyl groups excluding tert-OH is 1. The van der Waals surface area contributed by atoms with Crippen LogP contribution in [0.15, 0.2) is 54.6 Å². The third kappa shape index (κ3) is 6.61. The van der Waals surface area contributed by atoms with Crippen molar-refractivity contribution >= 4 is 17.9 Å². The maximum Gasteiger partial charge on any atom is 0.408 e. The van der Waals surface area contributed by atoms with Crippen molar-refractivity contribution in [3.05, 3.63) is 71.3 Å². The normalized spacial score (nSPS) is 12.1. The molecule has 0 aromatic heterocycles. The highest BCUT2D eigenvalue weighted by Gasteiger charge is 2.26. The molecule has 0 bridgehead atoms. The van der Waals surface area contributed by atoms with Crippen molar-refractivity contribution in [2.75, 3.05) is 6.61 Å². The van der Waals surface area contributed by atoms with Crippen molar-refractivity contribution in [1.29, 1.82) is 5.26 Å². The number of carbonyl (C=O) groups excluding carboxylic acids is 3. The molecule has 2 rings (SSSR count). The maximum atomic E-state index is 12.4. The minimum absolute atomic E-state index is 0.0125. The minimum atomic E-state index is -1.35. The van der Waals surface area contributed by atoms with E-state index in [0.717, 1.165) is 5.56 Å². The Hall–Kier alpha value is -3.90. The second-order valence-electron chi connectivity index (χ2n) is 6.38. The zero-order chi connectivity index (χ0) is 21.9. The topological polar surface area (TPSA) is 155 Å². The first-order valence-corrected chi connectivity index (χ1v) is 9.10. The second kappa shape index (κ2) is 11.2. The van der Waals surface area contributed by atoms with E-state index in [1.54, 1.807) is 48.5 Å². The molecule has 156 valence electrons. The molecule has 0 spiro atoms. The van der Waals surface area contributed by atoms with Gasteiger partial charge in [0.2, 0.25) is 11.8 Å². The number of ether oxygens (including phenoxy) is 1. The van der Waals surface area contributed by atoms with Gasteiger partial charge in [-0.15, -0.1) is 0 Å². The van der Waals surface area contributed by atoms with E-state index in [1.165, 1.54) is 0 Å². The van der Waals surface area contributed by atoms with E-state index in [2.05, 4.69) is 10.6 Å². The first kappa shape index (κ1) is 22.4. The summed E-state index contributed by atoms with van der Waals surface area (Å²) in [5.74, 6) is -1.63. The average molecular weight is 410 g/mol. The van der Waals surface area contributed by atoms with Crippen molar-refractivity contribution in [2.45, 2.75) is 25.1 Å². The molecular weight excluding hydrogens is 388 g/mol. The third-order valence-corrected chi connectivity index (χ3v) is 4.23. The van der Waals surface area contributed by atoms with Gasteiger partial charge in [-0.3, -0.25) is 9.59 Å². The number of alkyl carbamates (subject to hydrolysis) is 1. The van der Waals surface area contributed by atoms with Gasteiger partial charge in [0.1, 0.15) is 18.7 Å². The molecule has 2 aromatic rings. The second-order valence-corrected chi connectivity index (χ2v) is 6.38. The van der Waals surface area contributed by atoms with Crippen LogP contribution in [0.1, 0.15) is 16.7 Å². The van der Waals surface area contributed by atoms with E-state index in [4.69, 9.17) is 15.7 Å². The van der Waals surface area contributed by atoms with Gasteiger partial charge in [-0.2, -0.15) is 5.26 Å². The summed E-state index contributed by atoms with van der Waals surface area (Å²) < 4.78 is 5.02. The first-order chi connectivity index (χ1) is 14.4. The predicted octanol–water partition coefficient (Wildman–Crippen LogP) is 0.358. The zero-order valence-corrected chi connectivity index (χ0v) is 16.1. The lowest BCUT2D eigenvalue weighted by Crippen LogP contribution is -2.55. The number of rotatable bonds is 9. The van der Waals surface area contributed by atoms with Crippen LogP contribution in [0.25, 0.3) is 0 Å². The summed E-state index contributed by atoms with van der Waals surface area (Å²) in [5.41, 5.74) is 6.99. The summed E-state index contributed by atoms with van der Waals surface area (Å²) in [4.78, 5) is 36.1. The average Bonchev–Trinajstić information content (AvgIpc) is 2.76. The number of carbonyl (C=O) groups is 3. The van der Waals surface area contributed by atoms with Crippen LogP contribution in [0.3, 0.4) is 0 Å². The zero-order valence-electron chi connectivity index (χ0n) is 16.1. The molecule has 0 saturated carbocycles. The molecule has 0 fully saturated rings. The number of nitriles is 1. The van der Waals surface area contributed by atoms with Gasteiger partial charge in [0.05, 0.1) is 18.2 Å². The van der Waals surface area contributed by atoms with Crippen LogP contribution in [0.2, 0.25) is 0 Å². The van der Waals surface area contributed by atoms with E-state index in [-0.39, 0.29) is 13.0 Å². The molecule has 5 N–H and O–H groups in total. The Morgan fingerprint density at radius 2 is 1.70 bits per heavy atom. The van der Waals surface area contributed by atoms with E-state index >= 15 is 0 Å². The fourth-order valence-electron chi connectivity index (χ4n) is 2.62. The fraction of sp³-hybridized carbons (Fsp3) is 0.238. The lowest BCUT2D eigenvalue weighted by Gasteiger charge is -2.21. The van der Waals surface area contributed by atoms with Gasteiger partial charge in [-0.25, -0.2) is 4.79 Å². The van der Waals surface area contributed by atoms with Crippen LogP contribution in [-0.2, 0) is 27.4 Å². The fourth-order valence-corrected chi connectivity index (χ4v) is 2.62. The van der Waals surface area contributed by atoms with Crippen molar-refractivity contribution in [3.63, 3.8) is 0 Å². The first-order valence-electron chi connectivity index (χ1n) is 9.10. The van der Waals surface area contributed by atoms with Crippen LogP contribution >= 0.6 is 0 Å². The van der Waals surface area contributed by atoms with Gasteiger partial charge in [-0.1, -0.05) is 48.5 Å². The minimum Gasteiger partial charge on any atom is -0.445 e. The summed E-state index contributed by atoms with van der Waals surface area (Å²) in [6, 6.07) is 15.0. The molecule has 0 aliphatic heterocycles. The number of primary amides is 1. The van der Waals surface area contributed by atoms with Crippen LogP contribution in [0, 0.1) is 11.3 Å². The molecule has 0 aliphatic carbocycles. The SMILES string of the molecule is N#Cc1ccccc1C[C@@H](NC(=O)[C@H](CO)NC(=O)OCc1ccccc1)C(N)=O. The summed E-state index contributed by atoms with van der Waals surface area (Å²) in [6.45, 7) is -0.728. The Morgan fingerprint density at radius 3 is 2.33 bits per heavy atom. The van der Waals surface area contributed by atoms with Crippen LogP contribution in [-0.4, -0.2) is 41.7 Å². The number of hydrogen-bond acceptors (Lipinski definition) is 6. The molecule has 0 unspecified atom stereocenters. The van der Waals surface area contributed by atoms with Crippen LogP contribution in [0.5, 0.6) is 0 Å². The molecule has 30 heavy (non-hydrogen) atoms. The van der Waals surface area contributed by atoms with Gasteiger partial charge in [0.25, 0.3) is 0 Å². The molecule has 0 radical (unpaired) electrons. The number of nitrogens with two attached hydrogens (primary N) is 1. The standard InChI is InChI=1S/C21H22N4O5/c22-11-16-9-5-4-8-15(16)10-17(19(23)27)24-20(28)18(12-26)25-21(29)30-13-14-6-2-1-3-7-14/h1-9,17-18,26H,10,12-13H2,(H2,23,27)(H,24,28)(H,25,29)/t17-,18+/m1/s1. The molecule has 0 heterocycles. The molecule has 2 atom stereocenters. The summed E-state index contributed by atoms with van der Waals surface area (Å²) >= 11 is 0. The van der Waals surface area contributed by atoms with Gasteiger partial charge >= 0.3 is 6.09 Å². The summed E-state index contributed by atoms with van der Waals surface area (Å²) in [5, 5.41) is 23.3. The lowest BCUT2D eigenvalue weighted by molar-refractivity contribution is -0.129. The third-order valence-electron chi connectivity index (χ3n) is 4.23. The number of nitrogens with zero attached hydrogens (tertiary/aromatic N) is 1. The van der Waals surface area contributed by atoms with Gasteiger partial charge < -0.3 is 26.2 Å². The lowest BCUT2D eigenvalue weighted by atomic mass is 10.0. The summed E-state index contributed by atoms with van der Waals surface area (Å²) in [6.07, 6.45) is -0.917. The molecule has 0 saturated heterocycles. The number of hydrogen-bond donors (Lipinski definition) is 4. The number of nitrogens with one attached hydrogen (secondary N) is 2. The smallest absolute Gasteiger partial charge is 0.408 e. The highest BCUT2D eigenvalue weighted by atomic mass is 16.5.